The highest BCUT2D eigenvalue weighted by Gasteiger charge is 2.16. The highest BCUT2D eigenvalue weighted by molar-refractivity contribution is 7.99. The van der Waals surface area contributed by atoms with Gasteiger partial charge in [-0.3, -0.25) is 0 Å². The van der Waals surface area contributed by atoms with Gasteiger partial charge in [-0.1, -0.05) is 6.92 Å². The van der Waals surface area contributed by atoms with E-state index in [0.29, 0.717) is 12.1 Å². The molecule has 0 aromatic carbocycles. The zero-order valence-corrected chi connectivity index (χ0v) is 12.7. The van der Waals surface area contributed by atoms with Crippen LogP contribution in [0.4, 0.5) is 0 Å². The summed E-state index contributed by atoms with van der Waals surface area (Å²) in [4.78, 5) is 4.44. The molecule has 2 heterocycles. The van der Waals surface area contributed by atoms with Gasteiger partial charge in [-0.15, -0.1) is 11.8 Å². The molecule has 4 heteroatoms. The summed E-state index contributed by atoms with van der Waals surface area (Å²) >= 11 is 1.81. The van der Waals surface area contributed by atoms with Gasteiger partial charge in [-0.05, 0) is 50.4 Å². The minimum absolute atomic E-state index is 0.394. The predicted octanol–water partition coefficient (Wildman–Crippen LogP) is 3.41. The van der Waals surface area contributed by atoms with Crippen LogP contribution >= 0.6 is 11.8 Å². The van der Waals surface area contributed by atoms with Crippen molar-refractivity contribution < 1.29 is 4.74 Å². The lowest BCUT2D eigenvalue weighted by Crippen LogP contribution is -2.19. The Morgan fingerprint density at radius 3 is 3.21 bits per heavy atom. The van der Waals surface area contributed by atoms with Gasteiger partial charge in [0.2, 0.25) is 0 Å². The number of pyridine rings is 1. The summed E-state index contributed by atoms with van der Waals surface area (Å²) in [6.45, 7) is 6.38. The molecular weight excluding hydrogens is 256 g/mol. The van der Waals surface area contributed by atoms with Crippen molar-refractivity contribution in [2.75, 3.05) is 18.9 Å². The SMILES string of the molecule is CCCNC(C)c1ccnc(SCC2CCCO2)c1. The molecule has 1 aromatic heterocycles. The summed E-state index contributed by atoms with van der Waals surface area (Å²) < 4.78 is 5.64. The largest absolute Gasteiger partial charge is 0.377 e. The third-order valence-corrected chi connectivity index (χ3v) is 4.46. The normalized spacial score (nSPS) is 20.6. The monoisotopic (exact) mass is 280 g/mol. The van der Waals surface area contributed by atoms with Crippen LogP contribution in [0.5, 0.6) is 0 Å². The Hall–Kier alpha value is -0.580. The summed E-state index contributed by atoms with van der Waals surface area (Å²) in [5.41, 5.74) is 1.32. The molecule has 0 aliphatic carbocycles. The van der Waals surface area contributed by atoms with Crippen molar-refractivity contribution in [1.82, 2.24) is 10.3 Å². The van der Waals surface area contributed by atoms with Crippen molar-refractivity contribution in [2.24, 2.45) is 0 Å². The molecule has 1 fully saturated rings. The standard InChI is InChI=1S/C15H24N2OS/c1-3-7-16-12(2)13-6-8-17-15(10-13)19-11-14-5-4-9-18-14/h6,8,10,12,14,16H,3-5,7,9,11H2,1-2H3. The van der Waals surface area contributed by atoms with Gasteiger partial charge in [0.05, 0.1) is 11.1 Å². The molecule has 3 nitrogen and oxygen atoms in total. The fraction of sp³-hybridized carbons (Fsp3) is 0.667. The molecule has 1 aliphatic heterocycles. The molecule has 106 valence electrons. The van der Waals surface area contributed by atoms with Crippen LogP contribution in [-0.4, -0.2) is 30.0 Å². The molecule has 0 bridgehead atoms. The molecule has 1 aliphatic rings. The fourth-order valence-corrected chi connectivity index (χ4v) is 3.18. The van der Waals surface area contributed by atoms with Crippen LogP contribution in [0.3, 0.4) is 0 Å². The molecule has 2 atom stereocenters. The van der Waals surface area contributed by atoms with Crippen molar-refractivity contribution in [2.45, 2.75) is 50.3 Å². The summed E-state index contributed by atoms with van der Waals surface area (Å²) in [5.74, 6) is 1.02. The zero-order valence-electron chi connectivity index (χ0n) is 11.9. The molecule has 0 amide bonds. The molecule has 2 unspecified atom stereocenters. The van der Waals surface area contributed by atoms with Gasteiger partial charge in [0.1, 0.15) is 0 Å². The van der Waals surface area contributed by atoms with E-state index in [0.717, 1.165) is 30.4 Å². The van der Waals surface area contributed by atoms with Crippen molar-refractivity contribution >= 4 is 11.8 Å². The Morgan fingerprint density at radius 2 is 2.47 bits per heavy atom. The number of hydrogen-bond donors (Lipinski definition) is 1. The maximum atomic E-state index is 5.64. The molecular formula is C15H24N2OS. The van der Waals surface area contributed by atoms with Gasteiger partial charge in [0.15, 0.2) is 0 Å². The van der Waals surface area contributed by atoms with Gasteiger partial charge >= 0.3 is 0 Å². The Morgan fingerprint density at radius 1 is 1.58 bits per heavy atom. The Balaban J connectivity index is 1.86. The third kappa shape index (κ3) is 4.79. The van der Waals surface area contributed by atoms with Crippen molar-refractivity contribution in [3.63, 3.8) is 0 Å². The lowest BCUT2D eigenvalue weighted by Gasteiger charge is -2.14. The van der Waals surface area contributed by atoms with Crippen LogP contribution in [-0.2, 0) is 4.74 Å². The average molecular weight is 280 g/mol. The van der Waals surface area contributed by atoms with E-state index >= 15 is 0 Å². The van der Waals surface area contributed by atoms with E-state index < -0.39 is 0 Å². The number of thioether (sulfide) groups is 1. The average Bonchev–Trinajstić information content (AvgIpc) is 2.96. The molecule has 2 rings (SSSR count). The number of aromatic nitrogens is 1. The van der Waals surface area contributed by atoms with E-state index in [1.807, 2.05) is 18.0 Å². The Kier molecular flexibility index (Phi) is 6.14. The Bertz CT molecular complexity index is 380. The topological polar surface area (TPSA) is 34.2 Å². The van der Waals surface area contributed by atoms with Crippen LogP contribution in [0.15, 0.2) is 23.4 Å². The van der Waals surface area contributed by atoms with Crippen LogP contribution in [0.25, 0.3) is 0 Å². The van der Waals surface area contributed by atoms with E-state index in [1.165, 1.54) is 18.4 Å². The highest BCUT2D eigenvalue weighted by atomic mass is 32.2. The molecule has 1 saturated heterocycles. The summed E-state index contributed by atoms with van der Waals surface area (Å²) in [7, 11) is 0. The number of nitrogens with zero attached hydrogens (tertiary/aromatic N) is 1. The van der Waals surface area contributed by atoms with Crippen LogP contribution < -0.4 is 5.32 Å². The van der Waals surface area contributed by atoms with Gasteiger partial charge < -0.3 is 10.1 Å². The van der Waals surface area contributed by atoms with Gasteiger partial charge in [-0.25, -0.2) is 4.98 Å². The molecule has 0 saturated carbocycles. The second-order valence-corrected chi connectivity index (χ2v) is 6.09. The third-order valence-electron chi connectivity index (χ3n) is 3.40. The van der Waals surface area contributed by atoms with E-state index in [1.54, 1.807) is 0 Å². The maximum Gasteiger partial charge on any atom is 0.0964 e. The van der Waals surface area contributed by atoms with Crippen LogP contribution in [0.1, 0.15) is 44.7 Å². The number of ether oxygens (including phenoxy) is 1. The molecule has 19 heavy (non-hydrogen) atoms. The summed E-state index contributed by atoms with van der Waals surface area (Å²) in [5, 5.41) is 4.62. The summed E-state index contributed by atoms with van der Waals surface area (Å²) in [6.07, 6.45) is 5.90. The lowest BCUT2D eigenvalue weighted by atomic mass is 10.1. The quantitative estimate of drug-likeness (QED) is 0.776. The van der Waals surface area contributed by atoms with Crippen molar-refractivity contribution in [3.05, 3.63) is 23.9 Å². The van der Waals surface area contributed by atoms with Crippen molar-refractivity contribution in [1.29, 1.82) is 0 Å². The van der Waals surface area contributed by atoms with E-state index in [2.05, 4.69) is 36.3 Å². The van der Waals surface area contributed by atoms with Gasteiger partial charge in [-0.2, -0.15) is 0 Å². The van der Waals surface area contributed by atoms with Gasteiger partial charge in [0, 0.05) is 24.6 Å². The second kappa shape index (κ2) is 7.88. The highest BCUT2D eigenvalue weighted by Crippen LogP contribution is 2.24. The van der Waals surface area contributed by atoms with Crippen molar-refractivity contribution in [3.8, 4) is 0 Å². The van der Waals surface area contributed by atoms with Gasteiger partial charge in [0.25, 0.3) is 0 Å². The first kappa shape index (κ1) is 14.8. The van der Waals surface area contributed by atoms with E-state index in [4.69, 9.17) is 4.74 Å². The predicted molar refractivity (Wildman–Crippen MR) is 80.6 cm³/mol. The van der Waals surface area contributed by atoms with Crippen LogP contribution in [0, 0.1) is 0 Å². The second-order valence-electron chi connectivity index (χ2n) is 5.05. The Labute approximate surface area is 120 Å². The maximum absolute atomic E-state index is 5.64. The first-order chi connectivity index (χ1) is 9.29. The molecule has 0 spiro atoms. The molecule has 1 N–H and O–H groups in total. The number of hydrogen-bond acceptors (Lipinski definition) is 4. The fourth-order valence-electron chi connectivity index (χ4n) is 2.21. The number of nitrogens with one attached hydrogen (secondary N) is 1. The number of rotatable bonds is 7. The van der Waals surface area contributed by atoms with E-state index in [9.17, 15) is 0 Å². The summed E-state index contributed by atoms with van der Waals surface area (Å²) in [6, 6.07) is 4.70. The minimum Gasteiger partial charge on any atom is -0.377 e. The smallest absolute Gasteiger partial charge is 0.0964 e. The minimum atomic E-state index is 0.394. The first-order valence-corrected chi connectivity index (χ1v) is 8.22. The van der Waals surface area contributed by atoms with Crippen LogP contribution in [0.2, 0.25) is 0 Å². The zero-order chi connectivity index (χ0) is 13.5. The molecule has 1 aromatic rings. The first-order valence-electron chi connectivity index (χ1n) is 7.23. The molecule has 0 radical (unpaired) electrons. The van der Waals surface area contributed by atoms with E-state index in [-0.39, 0.29) is 0 Å². The lowest BCUT2D eigenvalue weighted by molar-refractivity contribution is 0.129.